The first-order chi connectivity index (χ1) is 18.5. The van der Waals surface area contributed by atoms with Gasteiger partial charge in [0.2, 0.25) is 5.78 Å². The molecule has 0 heterocycles. The number of carbonyl (C=O) groups excluding carboxylic acids is 3. The topological polar surface area (TPSA) is 188 Å². The number of aliphatic hydroxyl groups is 2. The second kappa shape index (κ2) is 10.0. The molecule has 0 spiro atoms. The van der Waals surface area contributed by atoms with Crippen molar-refractivity contribution in [2.75, 3.05) is 19.1 Å². The molecular weight excluding hydrogens is 648 g/mol. The SMILES string of the molecule is CC(=O)OCC(=O)[C@@]1(O)[C@@H](C)C[C@H]2[C@@H]3[C@@H](OS(C)(=O)=O)[C@@H](OS(C)(=O)=O)C4=CC(=O)C=C[C@]4(C)[C@@]3(Br)[C@@H](O)C[C@@]21C. The minimum absolute atomic E-state index is 0.0899. The van der Waals surface area contributed by atoms with Crippen LogP contribution in [0.4, 0.5) is 0 Å². The molecule has 3 saturated carbocycles. The molecule has 0 bridgehead atoms. The van der Waals surface area contributed by atoms with E-state index in [0.29, 0.717) is 0 Å². The highest BCUT2D eigenvalue weighted by molar-refractivity contribution is 9.10. The largest absolute Gasteiger partial charge is 0.458 e. The number of aliphatic hydroxyl groups excluding tert-OH is 1. The molecule has 0 aliphatic heterocycles. The zero-order chi connectivity index (χ0) is 31.1. The molecule has 0 amide bonds. The summed E-state index contributed by atoms with van der Waals surface area (Å²) in [6, 6.07) is 0. The van der Waals surface area contributed by atoms with E-state index in [9.17, 15) is 41.4 Å². The molecule has 10 atom stereocenters. The van der Waals surface area contributed by atoms with Crippen molar-refractivity contribution < 1.29 is 54.5 Å². The summed E-state index contributed by atoms with van der Waals surface area (Å²) in [5.74, 6) is -4.59. The van der Waals surface area contributed by atoms with Crippen LogP contribution in [0.3, 0.4) is 0 Å². The van der Waals surface area contributed by atoms with E-state index in [4.69, 9.17) is 13.1 Å². The van der Waals surface area contributed by atoms with Crippen molar-refractivity contribution in [2.45, 2.75) is 68.8 Å². The Morgan fingerprint density at radius 2 is 1.71 bits per heavy atom. The number of esters is 1. The predicted molar refractivity (Wildman–Crippen MR) is 148 cm³/mol. The maximum atomic E-state index is 13.5. The van der Waals surface area contributed by atoms with Crippen LogP contribution in [0.15, 0.2) is 23.8 Å². The van der Waals surface area contributed by atoms with Crippen LogP contribution >= 0.6 is 15.9 Å². The van der Waals surface area contributed by atoms with Gasteiger partial charge in [-0.3, -0.25) is 22.7 Å². The van der Waals surface area contributed by atoms with Gasteiger partial charge in [0.15, 0.2) is 12.4 Å². The van der Waals surface area contributed by atoms with E-state index in [1.807, 2.05) is 0 Å². The first-order valence-electron chi connectivity index (χ1n) is 13.0. The van der Waals surface area contributed by atoms with E-state index in [2.05, 4.69) is 15.9 Å². The van der Waals surface area contributed by atoms with Crippen LogP contribution in [-0.2, 0) is 47.7 Å². The van der Waals surface area contributed by atoms with Crippen molar-refractivity contribution in [2.24, 2.45) is 28.6 Å². The zero-order valence-corrected chi connectivity index (χ0v) is 26.7. The Balaban J connectivity index is 1.99. The number of halogens is 1. The first-order valence-corrected chi connectivity index (χ1v) is 17.4. The minimum Gasteiger partial charge on any atom is -0.458 e. The summed E-state index contributed by atoms with van der Waals surface area (Å²) >= 11 is 3.75. The van der Waals surface area contributed by atoms with Gasteiger partial charge in [0.1, 0.15) is 17.8 Å². The highest BCUT2D eigenvalue weighted by Gasteiger charge is 2.78. The first kappa shape index (κ1) is 32.4. The molecule has 15 heteroatoms. The molecule has 0 aromatic carbocycles. The summed E-state index contributed by atoms with van der Waals surface area (Å²) in [7, 11) is -8.56. The highest BCUT2D eigenvalue weighted by atomic mass is 79.9. The van der Waals surface area contributed by atoms with Crippen molar-refractivity contribution in [3.8, 4) is 0 Å². The normalized spacial score (nSPS) is 43.9. The van der Waals surface area contributed by atoms with Crippen LogP contribution < -0.4 is 0 Å². The van der Waals surface area contributed by atoms with Gasteiger partial charge in [0.05, 0.1) is 22.9 Å². The molecule has 230 valence electrons. The van der Waals surface area contributed by atoms with Crippen molar-refractivity contribution in [1.29, 1.82) is 0 Å². The number of allylic oxidation sites excluding steroid dienone is 3. The van der Waals surface area contributed by atoms with Crippen LogP contribution in [0.5, 0.6) is 0 Å². The maximum absolute atomic E-state index is 13.5. The summed E-state index contributed by atoms with van der Waals surface area (Å²) in [6.45, 7) is 5.30. The number of ether oxygens (including phenoxy) is 1. The Hall–Kier alpha value is -1.49. The van der Waals surface area contributed by atoms with E-state index in [0.717, 1.165) is 25.5 Å². The molecule has 4 aliphatic rings. The molecule has 41 heavy (non-hydrogen) atoms. The molecule has 0 unspecified atom stereocenters. The van der Waals surface area contributed by atoms with Gasteiger partial charge in [0, 0.05) is 23.7 Å². The predicted octanol–water partition coefficient (Wildman–Crippen LogP) is 0.801. The lowest BCUT2D eigenvalue weighted by atomic mass is 9.44. The standard InChI is InChI=1S/C26H35BrO12S2/c1-13-9-16-20-22(39-41(6,35)36)21(38-40(5,33)34)17-10-15(29)7-8-23(17,3)25(20,27)18(30)11-24(16,4)26(13,32)19(31)12-37-14(2)28/h7-8,10,13,16,18,20-22,30,32H,9,11-12H2,1-6H3/t13-,16-,18-,20+,21-,22+,23-,24-,25+,26-/m0/s1. The van der Waals surface area contributed by atoms with Crippen molar-refractivity contribution in [3.05, 3.63) is 23.8 Å². The second-order valence-corrected chi connectivity index (χ2v) is 16.7. The number of hydrogen-bond acceptors (Lipinski definition) is 12. The van der Waals surface area contributed by atoms with E-state index >= 15 is 0 Å². The molecule has 4 rings (SSSR count). The number of carbonyl (C=O) groups is 3. The average molecular weight is 684 g/mol. The molecular formula is C26H35BrO12S2. The number of hydrogen-bond donors (Lipinski definition) is 2. The molecule has 0 radical (unpaired) electrons. The number of Topliss-reactive ketones (excluding diaryl/α,β-unsaturated/α-hetero) is 1. The highest BCUT2D eigenvalue weighted by Crippen LogP contribution is 2.72. The van der Waals surface area contributed by atoms with Crippen LogP contribution in [0.2, 0.25) is 0 Å². The quantitative estimate of drug-likeness (QED) is 0.219. The minimum atomic E-state index is -4.30. The van der Waals surface area contributed by atoms with E-state index < -0.39 is 101 Å². The maximum Gasteiger partial charge on any atom is 0.303 e. The Morgan fingerprint density at radius 3 is 2.24 bits per heavy atom. The Morgan fingerprint density at radius 1 is 1.12 bits per heavy atom. The van der Waals surface area contributed by atoms with Gasteiger partial charge in [-0.2, -0.15) is 16.8 Å². The fourth-order valence-corrected chi connectivity index (χ4v) is 10.3. The number of rotatable bonds is 7. The molecule has 12 nitrogen and oxygen atoms in total. The van der Waals surface area contributed by atoms with Crippen molar-refractivity contribution in [1.82, 2.24) is 0 Å². The van der Waals surface area contributed by atoms with E-state index in [-0.39, 0.29) is 18.4 Å². The third-order valence-corrected chi connectivity index (χ3v) is 12.7. The zero-order valence-electron chi connectivity index (χ0n) is 23.5. The van der Waals surface area contributed by atoms with Crippen LogP contribution in [0.1, 0.15) is 40.5 Å². The van der Waals surface area contributed by atoms with Gasteiger partial charge in [-0.15, -0.1) is 0 Å². The third-order valence-electron chi connectivity index (χ3n) is 9.66. The van der Waals surface area contributed by atoms with Gasteiger partial charge in [-0.05, 0) is 42.4 Å². The van der Waals surface area contributed by atoms with E-state index in [1.165, 1.54) is 12.2 Å². The lowest BCUT2D eigenvalue weighted by Crippen LogP contribution is -2.74. The van der Waals surface area contributed by atoms with Gasteiger partial charge in [0.25, 0.3) is 20.2 Å². The molecule has 0 saturated heterocycles. The number of fused-ring (bicyclic) bond motifs is 5. The van der Waals surface area contributed by atoms with E-state index in [1.54, 1.807) is 20.8 Å². The summed E-state index contributed by atoms with van der Waals surface area (Å²) < 4.78 is 64.7. The Kier molecular flexibility index (Phi) is 7.93. The van der Waals surface area contributed by atoms with Gasteiger partial charge in [-0.1, -0.05) is 42.8 Å². The van der Waals surface area contributed by atoms with Gasteiger partial charge < -0.3 is 14.9 Å². The second-order valence-electron chi connectivity index (χ2n) is 12.2. The van der Waals surface area contributed by atoms with Crippen LogP contribution in [-0.4, -0.2) is 91.9 Å². The molecule has 0 aromatic rings. The number of alkyl halides is 1. The van der Waals surface area contributed by atoms with Crippen molar-refractivity contribution in [3.63, 3.8) is 0 Å². The summed E-state index contributed by atoms with van der Waals surface area (Å²) in [4.78, 5) is 37.5. The van der Waals surface area contributed by atoms with Crippen LogP contribution in [0, 0.1) is 28.6 Å². The third kappa shape index (κ3) is 4.89. The summed E-state index contributed by atoms with van der Waals surface area (Å²) in [5.41, 5.74) is -4.73. The lowest BCUT2D eigenvalue weighted by molar-refractivity contribution is -0.192. The average Bonchev–Trinajstić information content (AvgIpc) is 3.01. The molecule has 2 N–H and O–H groups in total. The van der Waals surface area contributed by atoms with Gasteiger partial charge in [-0.25, -0.2) is 0 Å². The fourth-order valence-electron chi connectivity index (χ4n) is 8.00. The Bertz CT molecular complexity index is 1450. The van der Waals surface area contributed by atoms with Crippen LogP contribution in [0.25, 0.3) is 0 Å². The monoisotopic (exact) mass is 682 g/mol. The lowest BCUT2D eigenvalue weighted by Gasteiger charge is -2.66. The fraction of sp³-hybridized carbons (Fsp3) is 0.731. The smallest absolute Gasteiger partial charge is 0.303 e. The molecule has 3 fully saturated rings. The summed E-state index contributed by atoms with van der Waals surface area (Å²) in [5, 5.41) is 24.0. The molecule has 0 aromatic heterocycles. The Labute approximate surface area is 247 Å². The van der Waals surface area contributed by atoms with Crippen molar-refractivity contribution >= 4 is 53.7 Å². The summed E-state index contributed by atoms with van der Waals surface area (Å²) in [6.07, 6.45) is 0.898. The van der Waals surface area contributed by atoms with Gasteiger partial charge >= 0.3 is 5.97 Å². The number of ketones is 2. The molecule has 4 aliphatic carbocycles.